The topological polar surface area (TPSA) is 38.3 Å². The molecule has 0 bridgehead atoms. The van der Waals surface area contributed by atoms with Crippen LogP contribution in [0, 0.1) is 6.92 Å². The summed E-state index contributed by atoms with van der Waals surface area (Å²) in [6.07, 6.45) is 0. The molecular formula is C16H18ClNO2S2. The maximum absolute atomic E-state index is 11.7. The molecule has 1 heterocycles. The lowest BCUT2D eigenvalue weighted by atomic mass is 10.2. The minimum atomic E-state index is 0.0279. The molecule has 22 heavy (non-hydrogen) atoms. The molecule has 0 atom stereocenters. The van der Waals surface area contributed by atoms with Crippen LogP contribution in [0.1, 0.15) is 10.4 Å². The molecule has 0 aliphatic carbocycles. The van der Waals surface area contributed by atoms with E-state index >= 15 is 0 Å². The molecule has 3 nitrogen and oxygen atoms in total. The number of carbonyl (C=O) groups is 1. The number of hydrogen-bond acceptors (Lipinski definition) is 4. The zero-order valence-electron chi connectivity index (χ0n) is 12.3. The van der Waals surface area contributed by atoms with Crippen molar-refractivity contribution in [1.29, 1.82) is 0 Å². The van der Waals surface area contributed by atoms with E-state index in [9.17, 15) is 4.79 Å². The molecule has 0 saturated carbocycles. The van der Waals surface area contributed by atoms with Crippen LogP contribution in [0.15, 0.2) is 36.4 Å². The molecule has 0 fully saturated rings. The molecule has 2 rings (SSSR count). The third-order valence-electron chi connectivity index (χ3n) is 2.82. The van der Waals surface area contributed by atoms with Gasteiger partial charge in [-0.2, -0.15) is 0 Å². The van der Waals surface area contributed by atoms with E-state index in [1.807, 2.05) is 43.3 Å². The van der Waals surface area contributed by atoms with Crippen molar-refractivity contribution in [3.8, 4) is 5.75 Å². The van der Waals surface area contributed by atoms with Gasteiger partial charge < -0.3 is 10.1 Å². The average Bonchev–Trinajstić information content (AvgIpc) is 2.91. The first-order chi connectivity index (χ1) is 10.6. The highest BCUT2D eigenvalue weighted by Gasteiger charge is 2.03. The van der Waals surface area contributed by atoms with E-state index in [2.05, 4.69) is 5.32 Å². The van der Waals surface area contributed by atoms with Gasteiger partial charge in [-0.3, -0.25) is 4.79 Å². The molecule has 2 aromatic rings. The van der Waals surface area contributed by atoms with Crippen molar-refractivity contribution < 1.29 is 9.53 Å². The van der Waals surface area contributed by atoms with Gasteiger partial charge in [0, 0.05) is 10.6 Å². The van der Waals surface area contributed by atoms with Crippen LogP contribution in [0.25, 0.3) is 0 Å². The SMILES string of the molecule is Cc1ccc(OCCNC(=O)CSCc2ccc(Cl)s2)cc1. The maximum atomic E-state index is 11.7. The van der Waals surface area contributed by atoms with Gasteiger partial charge in [0.2, 0.25) is 5.91 Å². The van der Waals surface area contributed by atoms with E-state index < -0.39 is 0 Å². The molecule has 0 spiro atoms. The smallest absolute Gasteiger partial charge is 0.230 e. The van der Waals surface area contributed by atoms with Crippen molar-refractivity contribution in [2.45, 2.75) is 12.7 Å². The highest BCUT2D eigenvalue weighted by Crippen LogP contribution is 2.24. The number of thioether (sulfide) groups is 1. The van der Waals surface area contributed by atoms with Crippen LogP contribution in [-0.2, 0) is 10.5 Å². The minimum Gasteiger partial charge on any atom is -0.492 e. The van der Waals surface area contributed by atoms with Crippen LogP contribution in [0.2, 0.25) is 4.34 Å². The number of rotatable bonds is 8. The Kier molecular flexibility index (Phi) is 7.09. The van der Waals surface area contributed by atoms with Crippen molar-refractivity contribution in [1.82, 2.24) is 5.32 Å². The summed E-state index contributed by atoms with van der Waals surface area (Å²) < 4.78 is 6.34. The third kappa shape index (κ3) is 6.30. The molecule has 1 aromatic heterocycles. The summed E-state index contributed by atoms with van der Waals surface area (Å²) in [6, 6.07) is 11.7. The highest BCUT2D eigenvalue weighted by atomic mass is 35.5. The van der Waals surface area contributed by atoms with Gasteiger partial charge in [-0.25, -0.2) is 0 Å². The second-order valence-electron chi connectivity index (χ2n) is 4.71. The van der Waals surface area contributed by atoms with E-state index in [1.165, 1.54) is 10.4 Å². The predicted molar refractivity (Wildman–Crippen MR) is 95.2 cm³/mol. The van der Waals surface area contributed by atoms with Crippen LogP contribution in [0.4, 0.5) is 0 Å². The summed E-state index contributed by atoms with van der Waals surface area (Å²) in [5.41, 5.74) is 1.20. The van der Waals surface area contributed by atoms with Crippen LogP contribution in [0.5, 0.6) is 5.75 Å². The lowest BCUT2D eigenvalue weighted by molar-refractivity contribution is -0.118. The molecule has 0 aliphatic rings. The van der Waals surface area contributed by atoms with Gasteiger partial charge in [0.25, 0.3) is 0 Å². The van der Waals surface area contributed by atoms with Crippen LogP contribution < -0.4 is 10.1 Å². The van der Waals surface area contributed by atoms with E-state index in [4.69, 9.17) is 16.3 Å². The van der Waals surface area contributed by atoms with Gasteiger partial charge in [-0.05, 0) is 31.2 Å². The van der Waals surface area contributed by atoms with Crippen molar-refractivity contribution in [3.63, 3.8) is 0 Å². The van der Waals surface area contributed by atoms with Crippen LogP contribution >= 0.6 is 34.7 Å². The summed E-state index contributed by atoms with van der Waals surface area (Å²) in [4.78, 5) is 12.9. The number of nitrogens with one attached hydrogen (secondary N) is 1. The molecular weight excluding hydrogens is 338 g/mol. The fourth-order valence-electron chi connectivity index (χ4n) is 1.72. The minimum absolute atomic E-state index is 0.0279. The molecule has 1 N–H and O–H groups in total. The normalized spacial score (nSPS) is 10.5. The summed E-state index contributed by atoms with van der Waals surface area (Å²) in [7, 11) is 0. The molecule has 0 radical (unpaired) electrons. The Bertz CT molecular complexity index is 598. The summed E-state index contributed by atoms with van der Waals surface area (Å²) in [6.45, 7) is 3.02. The standard InChI is InChI=1S/C16H18ClNO2S2/c1-12-2-4-13(5-3-12)20-9-8-18-16(19)11-21-10-14-6-7-15(17)22-14/h2-7H,8-11H2,1H3,(H,18,19). The number of halogens is 1. The van der Waals surface area contributed by atoms with E-state index in [1.54, 1.807) is 23.1 Å². The third-order valence-corrected chi connectivity index (χ3v) is 5.22. The number of carbonyl (C=O) groups excluding carboxylic acids is 1. The van der Waals surface area contributed by atoms with Gasteiger partial charge in [0.1, 0.15) is 12.4 Å². The van der Waals surface area contributed by atoms with Gasteiger partial charge in [0.15, 0.2) is 0 Å². The largest absolute Gasteiger partial charge is 0.492 e. The van der Waals surface area contributed by atoms with Gasteiger partial charge in [0.05, 0.1) is 16.6 Å². The zero-order valence-corrected chi connectivity index (χ0v) is 14.7. The van der Waals surface area contributed by atoms with Crippen molar-refractivity contribution in [2.24, 2.45) is 0 Å². The number of ether oxygens (including phenoxy) is 1. The predicted octanol–water partition coefficient (Wildman–Crippen LogP) is 4.14. The van der Waals surface area contributed by atoms with E-state index in [-0.39, 0.29) is 5.91 Å². The quantitative estimate of drug-likeness (QED) is 0.723. The first-order valence-corrected chi connectivity index (χ1v) is 9.26. The molecule has 0 unspecified atom stereocenters. The summed E-state index contributed by atoms with van der Waals surface area (Å²) >= 11 is 9.00. The molecule has 0 saturated heterocycles. The Morgan fingerprint density at radius 2 is 2.05 bits per heavy atom. The molecule has 0 aliphatic heterocycles. The van der Waals surface area contributed by atoms with Gasteiger partial charge in [-0.1, -0.05) is 29.3 Å². The number of thiophene rings is 1. The molecule has 1 amide bonds. The van der Waals surface area contributed by atoms with E-state index in [0.717, 1.165) is 15.8 Å². The van der Waals surface area contributed by atoms with Crippen molar-refractivity contribution in [3.05, 3.63) is 51.2 Å². The molecule has 118 valence electrons. The molecule has 6 heteroatoms. The lowest BCUT2D eigenvalue weighted by Gasteiger charge is -2.07. The van der Waals surface area contributed by atoms with E-state index in [0.29, 0.717) is 18.9 Å². The first-order valence-electron chi connectivity index (χ1n) is 6.91. The summed E-state index contributed by atoms with van der Waals surface area (Å²) in [5.74, 6) is 2.11. The Morgan fingerprint density at radius 1 is 1.27 bits per heavy atom. The number of benzene rings is 1. The van der Waals surface area contributed by atoms with Gasteiger partial charge >= 0.3 is 0 Å². The molecule has 1 aromatic carbocycles. The summed E-state index contributed by atoms with van der Waals surface area (Å²) in [5, 5.41) is 2.85. The first kappa shape index (κ1) is 17.2. The Hall–Kier alpha value is -1.17. The van der Waals surface area contributed by atoms with Crippen molar-refractivity contribution >= 4 is 40.6 Å². The average molecular weight is 356 g/mol. The fraction of sp³-hybridized carbons (Fsp3) is 0.312. The van der Waals surface area contributed by atoms with Crippen LogP contribution in [0.3, 0.4) is 0 Å². The monoisotopic (exact) mass is 355 g/mol. The number of amides is 1. The second kappa shape index (κ2) is 9.08. The van der Waals surface area contributed by atoms with Gasteiger partial charge in [-0.15, -0.1) is 23.1 Å². The maximum Gasteiger partial charge on any atom is 0.230 e. The fourth-order valence-corrected chi connectivity index (χ4v) is 3.77. The number of aryl methyl sites for hydroxylation is 1. The second-order valence-corrected chi connectivity index (χ2v) is 7.50. The number of hydrogen-bond donors (Lipinski definition) is 1. The van der Waals surface area contributed by atoms with Crippen molar-refractivity contribution in [2.75, 3.05) is 18.9 Å². The highest BCUT2D eigenvalue weighted by molar-refractivity contribution is 7.99. The Morgan fingerprint density at radius 3 is 2.73 bits per heavy atom. The Balaban J connectivity index is 1.55. The lowest BCUT2D eigenvalue weighted by Crippen LogP contribution is -2.29. The zero-order chi connectivity index (χ0) is 15.8. The Labute approximate surface area is 144 Å². The van der Waals surface area contributed by atoms with Crippen LogP contribution in [-0.4, -0.2) is 24.8 Å².